The summed E-state index contributed by atoms with van der Waals surface area (Å²) in [5, 5.41) is 5.22. The Kier molecular flexibility index (Phi) is 9.00. The zero-order chi connectivity index (χ0) is 31.5. The lowest BCUT2D eigenvalue weighted by Crippen LogP contribution is -2.37. The van der Waals surface area contributed by atoms with Crippen LogP contribution in [0.15, 0.2) is 48.5 Å². The molecule has 1 saturated heterocycles. The second-order valence-corrected chi connectivity index (χ2v) is 11.5. The number of nitrogens with zero attached hydrogens (tertiary/aromatic N) is 2. The van der Waals surface area contributed by atoms with Crippen LogP contribution in [0.1, 0.15) is 58.3 Å². The summed E-state index contributed by atoms with van der Waals surface area (Å²) in [4.78, 5) is 45.2. The van der Waals surface area contributed by atoms with Gasteiger partial charge in [0.25, 0.3) is 5.91 Å². The SMILES string of the molecule is COc1ccc(CNC(=O)c2nc([C@H]3CCCN3C(=O)OCc3ccccc3)sc2NC(=O)C2(C(F)(F)F)CC2)c(OC)c1. The number of nitrogens with one attached hydrogen (secondary N) is 2. The maximum Gasteiger partial charge on any atom is 0.410 e. The highest BCUT2D eigenvalue weighted by Crippen LogP contribution is 2.58. The molecule has 44 heavy (non-hydrogen) atoms. The molecule has 1 saturated carbocycles. The number of anilines is 1. The number of methoxy groups -OCH3 is 2. The topological polar surface area (TPSA) is 119 Å². The molecular weight excluding hydrogens is 601 g/mol. The van der Waals surface area contributed by atoms with Gasteiger partial charge in [-0.1, -0.05) is 41.7 Å². The zero-order valence-corrected chi connectivity index (χ0v) is 24.8. The largest absolute Gasteiger partial charge is 0.497 e. The van der Waals surface area contributed by atoms with Crippen LogP contribution in [0.25, 0.3) is 0 Å². The molecule has 10 nitrogen and oxygen atoms in total. The number of benzene rings is 2. The van der Waals surface area contributed by atoms with Crippen molar-refractivity contribution in [3.05, 3.63) is 70.4 Å². The van der Waals surface area contributed by atoms with Gasteiger partial charge in [-0.05, 0) is 43.4 Å². The van der Waals surface area contributed by atoms with E-state index in [1.54, 1.807) is 18.2 Å². The predicted molar refractivity (Wildman–Crippen MR) is 154 cm³/mol. The van der Waals surface area contributed by atoms with E-state index in [1.807, 2.05) is 30.3 Å². The van der Waals surface area contributed by atoms with Crippen molar-refractivity contribution in [1.29, 1.82) is 0 Å². The third-order valence-electron chi connectivity index (χ3n) is 7.72. The van der Waals surface area contributed by atoms with Gasteiger partial charge in [0.05, 0.1) is 20.3 Å². The van der Waals surface area contributed by atoms with E-state index in [2.05, 4.69) is 15.6 Å². The van der Waals surface area contributed by atoms with Crippen LogP contribution in [-0.2, 0) is 22.7 Å². The number of carbonyl (C=O) groups is 3. The molecule has 2 aliphatic rings. The van der Waals surface area contributed by atoms with E-state index < -0.39 is 35.5 Å². The molecule has 0 radical (unpaired) electrons. The maximum atomic E-state index is 13.7. The zero-order valence-electron chi connectivity index (χ0n) is 24.0. The average Bonchev–Trinajstić information content (AvgIpc) is 3.54. The minimum atomic E-state index is -4.73. The normalized spacial score (nSPS) is 17.1. The quantitative estimate of drug-likeness (QED) is 0.288. The Bertz CT molecular complexity index is 1530. The first-order valence-electron chi connectivity index (χ1n) is 13.9. The Labute approximate surface area is 255 Å². The Hall–Kier alpha value is -4.33. The van der Waals surface area contributed by atoms with Gasteiger partial charge in [-0.3, -0.25) is 14.5 Å². The van der Waals surface area contributed by atoms with Crippen LogP contribution in [0.5, 0.6) is 11.5 Å². The van der Waals surface area contributed by atoms with E-state index in [0.717, 1.165) is 16.9 Å². The lowest BCUT2D eigenvalue weighted by molar-refractivity contribution is -0.189. The molecule has 1 aromatic heterocycles. The predicted octanol–water partition coefficient (Wildman–Crippen LogP) is 5.85. The van der Waals surface area contributed by atoms with Crippen molar-refractivity contribution in [2.75, 3.05) is 26.1 Å². The molecule has 3 amide bonds. The summed E-state index contributed by atoms with van der Waals surface area (Å²) in [6.07, 6.45) is -4.86. The molecule has 3 aromatic rings. The molecule has 5 rings (SSSR count). The third kappa shape index (κ3) is 6.44. The van der Waals surface area contributed by atoms with E-state index in [-0.39, 0.29) is 36.7 Å². The van der Waals surface area contributed by atoms with Gasteiger partial charge in [0.2, 0.25) is 5.91 Å². The Morgan fingerprint density at radius 1 is 1.09 bits per heavy atom. The number of thiazole rings is 1. The Balaban J connectivity index is 1.38. The first kappa shape index (κ1) is 31.1. The third-order valence-corrected chi connectivity index (χ3v) is 8.80. The molecule has 0 bridgehead atoms. The highest BCUT2D eigenvalue weighted by molar-refractivity contribution is 7.16. The molecule has 2 fully saturated rings. The number of carbonyl (C=O) groups excluding carboxylic acids is 3. The minimum Gasteiger partial charge on any atom is -0.497 e. The molecule has 0 unspecified atom stereocenters. The van der Waals surface area contributed by atoms with Crippen LogP contribution in [0, 0.1) is 5.41 Å². The van der Waals surface area contributed by atoms with Crippen LogP contribution in [0.2, 0.25) is 0 Å². The van der Waals surface area contributed by atoms with Crippen molar-refractivity contribution in [3.8, 4) is 11.5 Å². The summed E-state index contributed by atoms with van der Waals surface area (Å²) >= 11 is 0.876. The number of aromatic nitrogens is 1. The van der Waals surface area contributed by atoms with E-state index in [4.69, 9.17) is 14.2 Å². The van der Waals surface area contributed by atoms with Gasteiger partial charge in [-0.15, -0.1) is 0 Å². The summed E-state index contributed by atoms with van der Waals surface area (Å²) in [5.74, 6) is -0.952. The van der Waals surface area contributed by atoms with Gasteiger partial charge < -0.3 is 24.8 Å². The number of hydrogen-bond acceptors (Lipinski definition) is 8. The van der Waals surface area contributed by atoms with Crippen molar-refractivity contribution in [3.63, 3.8) is 0 Å². The van der Waals surface area contributed by atoms with Gasteiger partial charge in [0, 0.05) is 24.7 Å². The van der Waals surface area contributed by atoms with E-state index in [0.29, 0.717) is 41.5 Å². The van der Waals surface area contributed by atoms with Crippen LogP contribution < -0.4 is 20.1 Å². The van der Waals surface area contributed by atoms with Gasteiger partial charge in [-0.25, -0.2) is 9.78 Å². The van der Waals surface area contributed by atoms with Gasteiger partial charge in [-0.2, -0.15) is 13.2 Å². The van der Waals surface area contributed by atoms with Crippen LogP contribution in [-0.4, -0.2) is 54.7 Å². The number of ether oxygens (including phenoxy) is 3. The number of rotatable bonds is 10. The Morgan fingerprint density at radius 3 is 2.50 bits per heavy atom. The first-order valence-corrected chi connectivity index (χ1v) is 14.7. The highest BCUT2D eigenvalue weighted by Gasteiger charge is 2.68. The molecule has 2 aromatic carbocycles. The fourth-order valence-electron chi connectivity index (χ4n) is 5.01. The molecular formula is C30H31F3N4O6S. The summed E-state index contributed by atoms with van der Waals surface area (Å²) in [5.41, 5.74) is -1.32. The van der Waals surface area contributed by atoms with Gasteiger partial charge in [0.15, 0.2) is 5.69 Å². The van der Waals surface area contributed by atoms with Crippen molar-refractivity contribution in [1.82, 2.24) is 15.2 Å². The monoisotopic (exact) mass is 632 g/mol. The molecule has 1 atom stereocenters. The number of hydrogen-bond donors (Lipinski definition) is 2. The van der Waals surface area contributed by atoms with Crippen molar-refractivity contribution < 1.29 is 41.8 Å². The maximum absolute atomic E-state index is 13.7. The van der Waals surface area contributed by atoms with Gasteiger partial charge >= 0.3 is 12.3 Å². The second-order valence-electron chi connectivity index (χ2n) is 10.5. The van der Waals surface area contributed by atoms with Crippen LogP contribution in [0.4, 0.5) is 23.0 Å². The highest BCUT2D eigenvalue weighted by atomic mass is 32.1. The van der Waals surface area contributed by atoms with Crippen LogP contribution in [0.3, 0.4) is 0 Å². The van der Waals surface area contributed by atoms with E-state index in [1.165, 1.54) is 19.1 Å². The molecule has 14 heteroatoms. The first-order chi connectivity index (χ1) is 21.1. The molecule has 234 valence electrons. The van der Waals surface area contributed by atoms with Crippen LogP contribution >= 0.6 is 11.3 Å². The second kappa shape index (κ2) is 12.7. The van der Waals surface area contributed by atoms with E-state index in [9.17, 15) is 27.6 Å². The number of alkyl halides is 3. The standard InChI is InChI=1S/C30H31F3N4O6S/c1-41-20-11-10-19(22(15-20)42-2)16-34-24(38)23-26(36-27(39)29(12-13-29)30(31,32)33)44-25(35-23)21-9-6-14-37(21)28(40)43-17-18-7-4-3-5-8-18/h3-5,7-8,10-11,15,21H,6,9,12-14,16-17H2,1-2H3,(H,34,38)(H,36,39)/t21-/m1/s1. The van der Waals surface area contributed by atoms with Crippen molar-refractivity contribution in [2.45, 2.75) is 51.1 Å². The summed E-state index contributed by atoms with van der Waals surface area (Å²) in [7, 11) is 2.97. The average molecular weight is 633 g/mol. The molecule has 2 N–H and O–H groups in total. The lowest BCUT2D eigenvalue weighted by atomic mass is 10.1. The minimum absolute atomic E-state index is 0.000101. The molecule has 2 heterocycles. The molecule has 1 aliphatic carbocycles. The molecule has 1 aliphatic heterocycles. The fraction of sp³-hybridized carbons (Fsp3) is 0.400. The number of likely N-dealkylation sites (tertiary alicyclic amines) is 1. The smallest absolute Gasteiger partial charge is 0.410 e. The fourth-order valence-corrected chi connectivity index (χ4v) is 6.11. The van der Waals surface area contributed by atoms with E-state index >= 15 is 0 Å². The summed E-state index contributed by atoms with van der Waals surface area (Å²) in [6, 6.07) is 13.6. The summed E-state index contributed by atoms with van der Waals surface area (Å²) < 4.78 is 57.2. The van der Waals surface area contributed by atoms with Crippen molar-refractivity contribution >= 4 is 34.2 Å². The lowest BCUT2D eigenvalue weighted by Gasteiger charge is -2.22. The summed E-state index contributed by atoms with van der Waals surface area (Å²) in [6.45, 7) is 0.430. The van der Waals surface area contributed by atoms with Crippen molar-refractivity contribution in [2.24, 2.45) is 5.41 Å². The number of halogens is 3. The Morgan fingerprint density at radius 2 is 1.84 bits per heavy atom. The number of amides is 3. The van der Waals surface area contributed by atoms with Gasteiger partial charge in [0.1, 0.15) is 33.5 Å². The molecule has 0 spiro atoms.